The Morgan fingerprint density at radius 1 is 1.61 bits per heavy atom. The number of hydrogen-bond acceptors (Lipinski definition) is 5. The number of aliphatic carboxylic acids is 1. The Balaban J connectivity index is 1.96. The second-order valence-corrected chi connectivity index (χ2v) is 5.07. The van der Waals surface area contributed by atoms with Gasteiger partial charge in [-0.15, -0.1) is 0 Å². The fourth-order valence-corrected chi connectivity index (χ4v) is 2.28. The first-order chi connectivity index (χ1) is 8.56. The predicted octanol–water partition coefficient (Wildman–Crippen LogP) is 1.63. The molecule has 2 heterocycles. The molecular weight excluding hydrogens is 234 g/mol. The van der Waals surface area contributed by atoms with Crippen molar-refractivity contribution in [3.05, 3.63) is 11.7 Å². The molecule has 1 N–H and O–H groups in total. The summed E-state index contributed by atoms with van der Waals surface area (Å²) in [5.74, 6) is 0.783. The van der Waals surface area contributed by atoms with E-state index in [-0.39, 0.29) is 18.4 Å². The summed E-state index contributed by atoms with van der Waals surface area (Å²) in [7, 11) is 0. The standard InChI is InChI=1S/C12H19N3O3/c1-8(2)12-13-10(18-14-12)7-15-5-3-4-9(15)6-11(16)17/h8-9H,3-7H2,1-2H3,(H,16,17). The van der Waals surface area contributed by atoms with E-state index >= 15 is 0 Å². The van der Waals surface area contributed by atoms with Gasteiger partial charge in [0.15, 0.2) is 5.82 Å². The van der Waals surface area contributed by atoms with Crippen molar-refractivity contribution in [1.82, 2.24) is 15.0 Å². The van der Waals surface area contributed by atoms with Crippen LogP contribution in [0.4, 0.5) is 0 Å². The first-order valence-corrected chi connectivity index (χ1v) is 6.34. The van der Waals surface area contributed by atoms with Gasteiger partial charge in [-0.1, -0.05) is 19.0 Å². The second-order valence-electron chi connectivity index (χ2n) is 5.07. The van der Waals surface area contributed by atoms with Gasteiger partial charge in [0.05, 0.1) is 13.0 Å². The van der Waals surface area contributed by atoms with Crippen LogP contribution in [0.15, 0.2) is 4.52 Å². The lowest BCUT2D eigenvalue weighted by molar-refractivity contribution is -0.138. The van der Waals surface area contributed by atoms with Crippen molar-refractivity contribution in [2.75, 3.05) is 6.54 Å². The van der Waals surface area contributed by atoms with Crippen molar-refractivity contribution in [3.8, 4) is 0 Å². The Morgan fingerprint density at radius 2 is 2.39 bits per heavy atom. The van der Waals surface area contributed by atoms with Crippen molar-refractivity contribution >= 4 is 5.97 Å². The molecule has 6 heteroatoms. The van der Waals surface area contributed by atoms with E-state index < -0.39 is 5.97 Å². The molecule has 1 aromatic heterocycles. The van der Waals surface area contributed by atoms with Crippen molar-refractivity contribution in [1.29, 1.82) is 0 Å². The number of hydrogen-bond donors (Lipinski definition) is 1. The van der Waals surface area contributed by atoms with Gasteiger partial charge in [0.2, 0.25) is 5.89 Å². The number of nitrogens with zero attached hydrogens (tertiary/aromatic N) is 3. The molecule has 0 spiro atoms. The number of carboxylic acid groups (broad SMARTS) is 1. The van der Waals surface area contributed by atoms with Gasteiger partial charge in [0.1, 0.15) is 0 Å². The van der Waals surface area contributed by atoms with Crippen molar-refractivity contribution in [3.63, 3.8) is 0 Å². The van der Waals surface area contributed by atoms with Gasteiger partial charge < -0.3 is 9.63 Å². The highest BCUT2D eigenvalue weighted by Crippen LogP contribution is 2.22. The zero-order chi connectivity index (χ0) is 13.1. The first-order valence-electron chi connectivity index (χ1n) is 6.34. The van der Waals surface area contributed by atoms with E-state index in [9.17, 15) is 4.79 Å². The molecule has 0 aliphatic carbocycles. The van der Waals surface area contributed by atoms with E-state index in [1.807, 2.05) is 13.8 Å². The smallest absolute Gasteiger partial charge is 0.304 e. The number of rotatable bonds is 5. The van der Waals surface area contributed by atoms with Crippen molar-refractivity contribution in [2.45, 2.75) is 51.6 Å². The Labute approximate surface area is 106 Å². The largest absolute Gasteiger partial charge is 0.481 e. The van der Waals surface area contributed by atoms with Gasteiger partial charge in [0.25, 0.3) is 0 Å². The normalized spacial score (nSPS) is 20.7. The minimum Gasteiger partial charge on any atom is -0.481 e. The molecule has 0 amide bonds. The van der Waals surface area contributed by atoms with Crippen LogP contribution in [0.5, 0.6) is 0 Å². The zero-order valence-electron chi connectivity index (χ0n) is 10.8. The van der Waals surface area contributed by atoms with Crippen LogP contribution in [-0.4, -0.2) is 38.7 Å². The highest BCUT2D eigenvalue weighted by Gasteiger charge is 2.28. The molecule has 18 heavy (non-hydrogen) atoms. The maximum Gasteiger partial charge on any atom is 0.304 e. The Kier molecular flexibility index (Phi) is 3.96. The van der Waals surface area contributed by atoms with Gasteiger partial charge in [-0.25, -0.2) is 0 Å². The van der Waals surface area contributed by atoms with E-state index in [2.05, 4.69) is 15.0 Å². The van der Waals surface area contributed by atoms with Gasteiger partial charge >= 0.3 is 5.97 Å². The summed E-state index contributed by atoms with van der Waals surface area (Å²) in [4.78, 5) is 17.2. The Bertz CT molecular complexity index is 416. The van der Waals surface area contributed by atoms with Gasteiger partial charge in [-0.2, -0.15) is 4.98 Å². The molecule has 0 aromatic carbocycles. The third kappa shape index (κ3) is 3.07. The molecule has 1 aliphatic heterocycles. The van der Waals surface area contributed by atoms with Crippen LogP contribution in [0.1, 0.15) is 50.7 Å². The molecule has 1 saturated heterocycles. The topological polar surface area (TPSA) is 79.5 Å². The third-order valence-corrected chi connectivity index (χ3v) is 3.25. The minimum atomic E-state index is -0.750. The monoisotopic (exact) mass is 253 g/mol. The molecule has 0 radical (unpaired) electrons. The number of carbonyl (C=O) groups is 1. The third-order valence-electron chi connectivity index (χ3n) is 3.25. The number of likely N-dealkylation sites (tertiary alicyclic amines) is 1. The quantitative estimate of drug-likeness (QED) is 0.859. The average molecular weight is 253 g/mol. The van der Waals surface area contributed by atoms with E-state index in [0.29, 0.717) is 18.3 Å². The highest BCUT2D eigenvalue weighted by atomic mass is 16.5. The van der Waals surface area contributed by atoms with Crippen LogP contribution in [-0.2, 0) is 11.3 Å². The summed E-state index contributed by atoms with van der Waals surface area (Å²) in [6.45, 7) is 5.48. The molecule has 1 atom stereocenters. The lowest BCUT2D eigenvalue weighted by Gasteiger charge is -2.20. The first kappa shape index (κ1) is 13.0. The molecule has 100 valence electrons. The average Bonchev–Trinajstić information content (AvgIpc) is 2.89. The highest BCUT2D eigenvalue weighted by molar-refractivity contribution is 5.67. The van der Waals surface area contributed by atoms with Crippen LogP contribution in [0, 0.1) is 0 Å². The fraction of sp³-hybridized carbons (Fsp3) is 0.750. The van der Waals surface area contributed by atoms with Crippen molar-refractivity contribution in [2.24, 2.45) is 0 Å². The molecule has 1 unspecified atom stereocenters. The lowest BCUT2D eigenvalue weighted by atomic mass is 10.1. The maximum absolute atomic E-state index is 10.8. The molecule has 1 aliphatic rings. The molecule has 0 bridgehead atoms. The maximum atomic E-state index is 10.8. The fourth-order valence-electron chi connectivity index (χ4n) is 2.28. The molecule has 0 saturated carbocycles. The van der Waals surface area contributed by atoms with Crippen LogP contribution < -0.4 is 0 Å². The number of carboxylic acids is 1. The van der Waals surface area contributed by atoms with Crippen molar-refractivity contribution < 1.29 is 14.4 Å². The van der Waals surface area contributed by atoms with Crippen LogP contribution in [0.25, 0.3) is 0 Å². The van der Waals surface area contributed by atoms with E-state index in [1.165, 1.54) is 0 Å². The summed E-state index contributed by atoms with van der Waals surface area (Å²) in [6.07, 6.45) is 2.14. The van der Waals surface area contributed by atoms with Gasteiger partial charge in [-0.05, 0) is 19.4 Å². The molecule has 1 aromatic rings. The van der Waals surface area contributed by atoms with Gasteiger partial charge in [-0.3, -0.25) is 9.69 Å². The Morgan fingerprint density at radius 3 is 3.00 bits per heavy atom. The summed E-state index contributed by atoms with van der Waals surface area (Å²) in [6, 6.07) is 0.0944. The van der Waals surface area contributed by atoms with Gasteiger partial charge in [0, 0.05) is 12.0 Å². The van der Waals surface area contributed by atoms with Crippen LogP contribution >= 0.6 is 0 Å². The molecule has 1 fully saturated rings. The van der Waals surface area contributed by atoms with E-state index in [1.54, 1.807) is 0 Å². The summed E-state index contributed by atoms with van der Waals surface area (Å²) >= 11 is 0. The predicted molar refractivity (Wildman–Crippen MR) is 64.1 cm³/mol. The Hall–Kier alpha value is -1.43. The molecule has 6 nitrogen and oxygen atoms in total. The second kappa shape index (κ2) is 5.48. The minimum absolute atomic E-state index is 0.0944. The van der Waals surface area contributed by atoms with Crippen LogP contribution in [0.3, 0.4) is 0 Å². The summed E-state index contributed by atoms with van der Waals surface area (Å²) in [5, 5.41) is 12.8. The zero-order valence-corrected chi connectivity index (χ0v) is 10.8. The van der Waals surface area contributed by atoms with E-state index in [4.69, 9.17) is 9.63 Å². The van der Waals surface area contributed by atoms with Crippen LogP contribution in [0.2, 0.25) is 0 Å². The summed E-state index contributed by atoms with van der Waals surface area (Å²) in [5.41, 5.74) is 0. The summed E-state index contributed by atoms with van der Waals surface area (Å²) < 4.78 is 5.19. The number of aromatic nitrogens is 2. The lowest BCUT2D eigenvalue weighted by Crippen LogP contribution is -2.31. The molecular formula is C12H19N3O3. The SMILES string of the molecule is CC(C)c1noc(CN2CCCC2CC(=O)O)n1. The van der Waals surface area contributed by atoms with E-state index in [0.717, 1.165) is 19.4 Å². The molecule has 2 rings (SSSR count).